The Kier molecular flexibility index (Phi) is 7.01. The van der Waals surface area contributed by atoms with Gasteiger partial charge in [0, 0.05) is 19.6 Å². The third kappa shape index (κ3) is 4.84. The lowest BCUT2D eigenvalue weighted by molar-refractivity contribution is -0.191. The zero-order chi connectivity index (χ0) is 24.4. The standard InChI is InChI=1S/C23H30FN5O5/c1-26-14-20(30)28-18(11-21(31)32)22(33)27(17-5-3-2-4-6-17)13-19(28)29(26)23(34)25-12-15-7-9-16(24)10-8-15/h7-10,17-19H,2-6,11-14H2,1H3,(H,25,34)(H,31,32)/t18-,19-/m0/s1. The van der Waals surface area contributed by atoms with Crippen molar-refractivity contribution in [3.8, 4) is 0 Å². The molecule has 11 heteroatoms. The average molecular weight is 476 g/mol. The molecule has 10 nitrogen and oxygen atoms in total. The molecule has 0 bridgehead atoms. The number of carbonyl (C=O) groups excluding carboxylic acids is 3. The van der Waals surface area contributed by atoms with Crippen LogP contribution in [0.15, 0.2) is 24.3 Å². The van der Waals surface area contributed by atoms with E-state index in [1.165, 1.54) is 27.1 Å². The van der Waals surface area contributed by atoms with Gasteiger partial charge in [-0.1, -0.05) is 31.4 Å². The monoisotopic (exact) mass is 475 g/mol. The molecule has 2 heterocycles. The van der Waals surface area contributed by atoms with Crippen molar-refractivity contribution in [1.29, 1.82) is 0 Å². The first-order chi connectivity index (χ1) is 16.3. The van der Waals surface area contributed by atoms with Gasteiger partial charge in [-0.15, -0.1) is 0 Å². The summed E-state index contributed by atoms with van der Waals surface area (Å²) in [5, 5.41) is 15.2. The van der Waals surface area contributed by atoms with Crippen molar-refractivity contribution < 1.29 is 28.7 Å². The number of carbonyl (C=O) groups is 4. The van der Waals surface area contributed by atoms with Crippen molar-refractivity contribution in [3.63, 3.8) is 0 Å². The van der Waals surface area contributed by atoms with Crippen LogP contribution in [0, 0.1) is 5.82 Å². The molecule has 0 radical (unpaired) electrons. The molecule has 4 rings (SSSR count). The van der Waals surface area contributed by atoms with E-state index in [4.69, 9.17) is 0 Å². The van der Waals surface area contributed by atoms with Gasteiger partial charge in [0.2, 0.25) is 11.8 Å². The van der Waals surface area contributed by atoms with Crippen LogP contribution >= 0.6 is 0 Å². The third-order valence-electron chi connectivity index (χ3n) is 6.84. The summed E-state index contributed by atoms with van der Waals surface area (Å²) in [6, 6.07) is 4.07. The second-order valence-electron chi connectivity index (χ2n) is 9.12. The number of benzene rings is 1. The molecule has 1 aromatic carbocycles. The van der Waals surface area contributed by atoms with E-state index in [1.54, 1.807) is 24.1 Å². The van der Waals surface area contributed by atoms with Gasteiger partial charge in [-0.3, -0.25) is 14.4 Å². The van der Waals surface area contributed by atoms with Gasteiger partial charge in [0.25, 0.3) is 0 Å². The average Bonchev–Trinajstić information content (AvgIpc) is 2.80. The predicted molar refractivity (Wildman–Crippen MR) is 118 cm³/mol. The Balaban J connectivity index is 1.59. The van der Waals surface area contributed by atoms with Crippen molar-refractivity contribution in [2.45, 2.75) is 63.3 Å². The van der Waals surface area contributed by atoms with E-state index in [-0.39, 0.29) is 37.4 Å². The second-order valence-corrected chi connectivity index (χ2v) is 9.12. The maximum Gasteiger partial charge on any atom is 0.334 e. The Morgan fingerprint density at radius 3 is 2.44 bits per heavy atom. The van der Waals surface area contributed by atoms with Gasteiger partial charge in [-0.25, -0.2) is 19.2 Å². The van der Waals surface area contributed by atoms with E-state index < -0.39 is 36.5 Å². The Labute approximate surface area is 197 Å². The summed E-state index contributed by atoms with van der Waals surface area (Å²) in [7, 11) is 1.61. The highest BCUT2D eigenvalue weighted by Gasteiger charge is 2.52. The maximum absolute atomic E-state index is 13.4. The number of aliphatic carboxylic acids is 1. The summed E-state index contributed by atoms with van der Waals surface area (Å²) in [4.78, 5) is 54.1. The maximum atomic E-state index is 13.4. The Morgan fingerprint density at radius 2 is 1.79 bits per heavy atom. The van der Waals surface area contributed by atoms with Crippen molar-refractivity contribution in [1.82, 2.24) is 25.1 Å². The van der Waals surface area contributed by atoms with E-state index >= 15 is 0 Å². The van der Waals surface area contributed by atoms with Crippen molar-refractivity contribution in [3.05, 3.63) is 35.6 Å². The van der Waals surface area contributed by atoms with Gasteiger partial charge in [-0.2, -0.15) is 0 Å². The number of urea groups is 1. The lowest BCUT2D eigenvalue weighted by Gasteiger charge is -2.55. The quantitative estimate of drug-likeness (QED) is 0.665. The van der Waals surface area contributed by atoms with Crippen LogP contribution in [0.2, 0.25) is 0 Å². The molecule has 2 N–H and O–H groups in total. The summed E-state index contributed by atoms with van der Waals surface area (Å²) in [5.74, 6) is -2.31. The number of carboxylic acid groups (broad SMARTS) is 1. The van der Waals surface area contributed by atoms with Gasteiger partial charge in [0.05, 0.1) is 19.5 Å². The number of hydrogen-bond acceptors (Lipinski definition) is 5. The number of nitrogens with one attached hydrogen (secondary N) is 1. The molecule has 0 aromatic heterocycles. The number of amides is 4. The number of rotatable bonds is 5. The minimum Gasteiger partial charge on any atom is -0.481 e. The first-order valence-electron chi connectivity index (χ1n) is 11.6. The fourth-order valence-electron chi connectivity index (χ4n) is 5.21. The van der Waals surface area contributed by atoms with Crippen molar-refractivity contribution in [2.24, 2.45) is 0 Å². The number of halogens is 1. The zero-order valence-corrected chi connectivity index (χ0v) is 19.2. The normalized spacial score (nSPS) is 24.2. The molecule has 0 spiro atoms. The minimum absolute atomic E-state index is 0.0360. The van der Waals surface area contributed by atoms with Gasteiger partial charge >= 0.3 is 12.0 Å². The van der Waals surface area contributed by atoms with Crippen LogP contribution in [0.3, 0.4) is 0 Å². The van der Waals surface area contributed by atoms with E-state index in [9.17, 15) is 28.7 Å². The van der Waals surface area contributed by atoms with Crippen LogP contribution in [-0.2, 0) is 20.9 Å². The van der Waals surface area contributed by atoms with Crippen LogP contribution in [0.1, 0.15) is 44.1 Å². The molecular formula is C23H30FN5O5. The largest absolute Gasteiger partial charge is 0.481 e. The third-order valence-corrected chi connectivity index (χ3v) is 6.84. The topological polar surface area (TPSA) is 114 Å². The van der Waals surface area contributed by atoms with Gasteiger partial charge < -0.3 is 20.2 Å². The smallest absolute Gasteiger partial charge is 0.334 e. The summed E-state index contributed by atoms with van der Waals surface area (Å²) >= 11 is 0. The predicted octanol–water partition coefficient (Wildman–Crippen LogP) is 1.37. The van der Waals surface area contributed by atoms with Crippen LogP contribution < -0.4 is 5.32 Å². The Bertz CT molecular complexity index is 952. The highest BCUT2D eigenvalue weighted by Crippen LogP contribution is 2.32. The highest BCUT2D eigenvalue weighted by atomic mass is 19.1. The van der Waals surface area contributed by atoms with Crippen molar-refractivity contribution in [2.75, 3.05) is 20.1 Å². The molecule has 2 atom stereocenters. The number of nitrogens with zero attached hydrogens (tertiary/aromatic N) is 4. The number of likely N-dealkylation sites (N-methyl/N-ethyl adjacent to an activating group) is 1. The molecule has 3 fully saturated rings. The van der Waals surface area contributed by atoms with Crippen molar-refractivity contribution >= 4 is 23.8 Å². The van der Waals surface area contributed by atoms with Crippen LogP contribution in [-0.4, -0.2) is 87.1 Å². The van der Waals surface area contributed by atoms with Crippen LogP contribution in [0.25, 0.3) is 0 Å². The summed E-state index contributed by atoms with van der Waals surface area (Å²) in [5.41, 5.74) is 0.703. The lowest BCUT2D eigenvalue weighted by atomic mass is 9.92. The Hall–Kier alpha value is -3.21. The number of fused-ring (bicyclic) bond motifs is 1. The van der Waals surface area contributed by atoms with Gasteiger partial charge in [0.15, 0.2) is 0 Å². The number of hydrogen-bond donors (Lipinski definition) is 2. The van der Waals surface area contributed by atoms with Gasteiger partial charge in [0.1, 0.15) is 18.0 Å². The molecule has 4 amide bonds. The van der Waals surface area contributed by atoms with Crippen LogP contribution in [0.4, 0.5) is 9.18 Å². The SMILES string of the molecule is CN1CC(=O)N2[C@@H](CC(=O)O)C(=O)N(C3CCCCC3)C[C@@H]2N1C(=O)NCc1ccc(F)cc1. The van der Waals surface area contributed by atoms with E-state index in [0.29, 0.717) is 5.56 Å². The fourth-order valence-corrected chi connectivity index (χ4v) is 5.21. The summed E-state index contributed by atoms with van der Waals surface area (Å²) < 4.78 is 13.2. The first kappa shape index (κ1) is 23.9. The number of piperazine rings is 1. The van der Waals surface area contributed by atoms with Gasteiger partial charge in [-0.05, 0) is 30.5 Å². The minimum atomic E-state index is -1.18. The van der Waals surface area contributed by atoms with E-state index in [2.05, 4.69) is 5.32 Å². The molecule has 2 aliphatic heterocycles. The first-order valence-corrected chi connectivity index (χ1v) is 11.6. The molecule has 184 valence electrons. The lowest BCUT2D eigenvalue weighted by Crippen LogP contribution is -2.76. The molecule has 1 saturated carbocycles. The number of carboxylic acids is 1. The summed E-state index contributed by atoms with van der Waals surface area (Å²) in [6.07, 6.45) is 3.35. The van der Waals surface area contributed by atoms with E-state index in [0.717, 1.165) is 32.1 Å². The molecular weight excluding hydrogens is 445 g/mol. The molecule has 1 aliphatic carbocycles. The highest BCUT2D eigenvalue weighted by molar-refractivity contribution is 5.93. The fraction of sp³-hybridized carbons (Fsp3) is 0.565. The molecule has 2 saturated heterocycles. The molecule has 1 aromatic rings. The Morgan fingerprint density at radius 1 is 1.12 bits per heavy atom. The molecule has 34 heavy (non-hydrogen) atoms. The van der Waals surface area contributed by atoms with E-state index in [1.807, 2.05) is 0 Å². The van der Waals surface area contributed by atoms with Crippen LogP contribution in [0.5, 0.6) is 0 Å². The molecule has 3 aliphatic rings. The second kappa shape index (κ2) is 9.96. The molecule has 0 unspecified atom stereocenters. The number of hydrazine groups is 1. The zero-order valence-electron chi connectivity index (χ0n) is 19.2. The summed E-state index contributed by atoms with van der Waals surface area (Å²) in [6.45, 7) is 0.112.